The number of benzene rings is 1. The molecule has 3 atom stereocenters. The van der Waals surface area contributed by atoms with Crippen LogP contribution in [0.4, 0.5) is 0 Å². The van der Waals surface area contributed by atoms with Gasteiger partial charge in [0.1, 0.15) is 0 Å². The molecule has 1 aliphatic rings. The molecule has 1 aliphatic carbocycles. The maximum absolute atomic E-state index is 10.9. The smallest absolute Gasteiger partial charge is 0.308 e. The monoisotopic (exact) mass is 297 g/mol. The van der Waals surface area contributed by atoms with E-state index in [1.807, 2.05) is 18.2 Å². The Balaban J connectivity index is 2.00. The topological polar surface area (TPSA) is 49.3 Å². The Morgan fingerprint density at radius 3 is 2.71 bits per heavy atom. The minimum atomic E-state index is -0.687. The van der Waals surface area contributed by atoms with Gasteiger partial charge < -0.3 is 10.4 Å². The summed E-state index contributed by atoms with van der Waals surface area (Å²) in [5, 5.41) is 12.4. The molecule has 1 fully saturated rings. The van der Waals surface area contributed by atoms with E-state index in [2.05, 4.69) is 34.2 Å². The number of carboxylic acids is 1. The van der Waals surface area contributed by atoms with Crippen LogP contribution in [0.3, 0.4) is 0 Å². The van der Waals surface area contributed by atoms with Gasteiger partial charge in [0.15, 0.2) is 0 Å². The van der Waals surface area contributed by atoms with Crippen molar-refractivity contribution in [3.05, 3.63) is 34.3 Å². The van der Waals surface area contributed by atoms with Crippen molar-refractivity contribution in [1.29, 1.82) is 0 Å². The summed E-state index contributed by atoms with van der Waals surface area (Å²) in [4.78, 5) is 10.9. The highest BCUT2D eigenvalue weighted by Crippen LogP contribution is 2.31. The van der Waals surface area contributed by atoms with Crippen molar-refractivity contribution < 1.29 is 9.90 Å². The lowest BCUT2D eigenvalue weighted by Gasteiger charge is -2.36. The lowest BCUT2D eigenvalue weighted by molar-refractivity contribution is -0.146. The molecule has 17 heavy (non-hydrogen) atoms. The van der Waals surface area contributed by atoms with Gasteiger partial charge >= 0.3 is 5.97 Å². The number of nitrogens with one attached hydrogen (secondary N) is 1. The summed E-state index contributed by atoms with van der Waals surface area (Å²) in [6, 6.07) is 8.30. The minimum absolute atomic E-state index is 0.106. The summed E-state index contributed by atoms with van der Waals surface area (Å²) in [5.74, 6) is -0.909. The molecule has 2 unspecified atom stereocenters. The van der Waals surface area contributed by atoms with Crippen LogP contribution >= 0.6 is 15.9 Å². The Bertz CT molecular complexity index is 422. The second-order valence-electron chi connectivity index (χ2n) is 4.54. The van der Waals surface area contributed by atoms with E-state index in [-0.39, 0.29) is 18.0 Å². The van der Waals surface area contributed by atoms with Crippen LogP contribution in [0.2, 0.25) is 0 Å². The van der Waals surface area contributed by atoms with Crippen LogP contribution in [0.25, 0.3) is 0 Å². The highest BCUT2D eigenvalue weighted by molar-refractivity contribution is 9.10. The van der Waals surface area contributed by atoms with Gasteiger partial charge in [-0.05, 0) is 31.4 Å². The lowest BCUT2D eigenvalue weighted by atomic mass is 9.79. The molecule has 0 radical (unpaired) electrons. The second kappa shape index (κ2) is 5.19. The molecule has 0 heterocycles. The Morgan fingerprint density at radius 2 is 2.18 bits per heavy atom. The van der Waals surface area contributed by atoms with Crippen molar-refractivity contribution in [2.75, 3.05) is 0 Å². The first-order valence-electron chi connectivity index (χ1n) is 5.83. The van der Waals surface area contributed by atoms with Crippen molar-refractivity contribution in [3.63, 3.8) is 0 Å². The maximum atomic E-state index is 10.9. The molecule has 1 aromatic carbocycles. The van der Waals surface area contributed by atoms with Gasteiger partial charge in [0, 0.05) is 16.6 Å². The van der Waals surface area contributed by atoms with E-state index in [1.54, 1.807) is 0 Å². The average Bonchev–Trinajstić information content (AvgIpc) is 2.24. The van der Waals surface area contributed by atoms with E-state index < -0.39 is 5.97 Å². The Kier molecular flexibility index (Phi) is 3.84. The third-order valence-electron chi connectivity index (χ3n) is 3.43. The highest BCUT2D eigenvalue weighted by atomic mass is 79.9. The molecule has 0 bridgehead atoms. The van der Waals surface area contributed by atoms with E-state index in [4.69, 9.17) is 5.11 Å². The third-order valence-corrected chi connectivity index (χ3v) is 4.15. The van der Waals surface area contributed by atoms with Crippen LogP contribution in [0.5, 0.6) is 0 Å². The van der Waals surface area contributed by atoms with Crippen LogP contribution < -0.4 is 5.32 Å². The molecule has 0 aromatic heterocycles. The third kappa shape index (κ3) is 2.69. The second-order valence-corrected chi connectivity index (χ2v) is 5.39. The number of halogens is 1. The Morgan fingerprint density at radius 1 is 1.47 bits per heavy atom. The van der Waals surface area contributed by atoms with Crippen molar-refractivity contribution in [1.82, 2.24) is 5.32 Å². The van der Waals surface area contributed by atoms with E-state index in [9.17, 15) is 4.79 Å². The van der Waals surface area contributed by atoms with Gasteiger partial charge in [-0.15, -0.1) is 0 Å². The number of carboxylic acid groups (broad SMARTS) is 1. The fraction of sp³-hybridized carbons (Fsp3) is 0.462. The molecule has 0 saturated heterocycles. The number of rotatable bonds is 4. The molecule has 2 N–H and O–H groups in total. The zero-order chi connectivity index (χ0) is 12.4. The summed E-state index contributed by atoms with van der Waals surface area (Å²) in [5.41, 5.74) is 1.17. The molecular weight excluding hydrogens is 282 g/mol. The standard InChI is InChI=1S/C13H16BrNO2/c1-8(9-4-2-3-5-11(9)14)15-12-7-6-10(12)13(16)17/h2-5,8,10,12,15H,6-7H2,1H3,(H,16,17)/t8-,10?,12?/m0/s1. The number of aliphatic carboxylic acids is 1. The predicted octanol–water partition coefficient (Wildman–Crippen LogP) is 2.96. The number of hydrogen-bond acceptors (Lipinski definition) is 2. The first-order valence-corrected chi connectivity index (χ1v) is 6.62. The maximum Gasteiger partial charge on any atom is 0.308 e. The minimum Gasteiger partial charge on any atom is -0.481 e. The average molecular weight is 298 g/mol. The molecule has 1 saturated carbocycles. The Hall–Kier alpha value is -0.870. The van der Waals surface area contributed by atoms with Crippen LogP contribution in [-0.4, -0.2) is 17.1 Å². The summed E-state index contributed by atoms with van der Waals surface area (Å²) in [6.07, 6.45) is 1.74. The zero-order valence-corrected chi connectivity index (χ0v) is 11.3. The summed E-state index contributed by atoms with van der Waals surface area (Å²) < 4.78 is 1.06. The molecule has 0 amide bonds. The molecule has 92 valence electrons. The zero-order valence-electron chi connectivity index (χ0n) is 9.69. The van der Waals surface area contributed by atoms with Crippen LogP contribution in [0.1, 0.15) is 31.4 Å². The number of hydrogen-bond donors (Lipinski definition) is 2. The highest BCUT2D eigenvalue weighted by Gasteiger charge is 2.37. The normalized spacial score (nSPS) is 25.1. The van der Waals surface area contributed by atoms with Crippen molar-refractivity contribution >= 4 is 21.9 Å². The Labute approximate surface area is 109 Å². The van der Waals surface area contributed by atoms with Gasteiger partial charge in [0.05, 0.1) is 5.92 Å². The molecule has 3 nitrogen and oxygen atoms in total. The quantitative estimate of drug-likeness (QED) is 0.898. The van der Waals surface area contributed by atoms with Crippen LogP contribution in [-0.2, 0) is 4.79 Å². The van der Waals surface area contributed by atoms with E-state index in [0.717, 1.165) is 17.3 Å². The van der Waals surface area contributed by atoms with E-state index in [0.29, 0.717) is 0 Å². The van der Waals surface area contributed by atoms with Gasteiger partial charge in [0.25, 0.3) is 0 Å². The van der Waals surface area contributed by atoms with Crippen molar-refractivity contribution in [2.24, 2.45) is 5.92 Å². The summed E-state index contributed by atoms with van der Waals surface area (Å²) in [7, 11) is 0. The lowest BCUT2D eigenvalue weighted by Crippen LogP contribution is -2.48. The van der Waals surface area contributed by atoms with Gasteiger partial charge in [-0.1, -0.05) is 34.1 Å². The van der Waals surface area contributed by atoms with Gasteiger partial charge in [-0.3, -0.25) is 4.79 Å². The summed E-state index contributed by atoms with van der Waals surface area (Å²) >= 11 is 3.51. The molecule has 0 aliphatic heterocycles. The first-order chi connectivity index (χ1) is 8.09. The fourth-order valence-corrected chi connectivity index (χ4v) is 2.86. The van der Waals surface area contributed by atoms with Gasteiger partial charge in [0.2, 0.25) is 0 Å². The first kappa shape index (κ1) is 12.6. The predicted molar refractivity (Wildman–Crippen MR) is 69.8 cm³/mol. The molecule has 2 rings (SSSR count). The summed E-state index contributed by atoms with van der Waals surface area (Å²) in [6.45, 7) is 2.07. The molecular formula is C13H16BrNO2. The van der Waals surface area contributed by atoms with Gasteiger partial charge in [-0.2, -0.15) is 0 Å². The van der Waals surface area contributed by atoms with Gasteiger partial charge in [-0.25, -0.2) is 0 Å². The molecule has 1 aromatic rings. The molecule has 4 heteroatoms. The van der Waals surface area contributed by atoms with Crippen LogP contribution in [0.15, 0.2) is 28.7 Å². The fourth-order valence-electron chi connectivity index (χ4n) is 2.23. The van der Waals surface area contributed by atoms with Crippen LogP contribution in [0, 0.1) is 5.92 Å². The van der Waals surface area contributed by atoms with E-state index >= 15 is 0 Å². The SMILES string of the molecule is C[C@H](NC1CCC1C(=O)O)c1ccccc1Br. The largest absolute Gasteiger partial charge is 0.481 e. The number of carbonyl (C=O) groups is 1. The van der Waals surface area contributed by atoms with Crippen molar-refractivity contribution in [3.8, 4) is 0 Å². The van der Waals surface area contributed by atoms with E-state index in [1.165, 1.54) is 5.56 Å². The van der Waals surface area contributed by atoms with Crippen molar-refractivity contribution in [2.45, 2.75) is 31.8 Å². The molecule has 0 spiro atoms.